The average Bonchev–Trinajstić information content (AvgIpc) is 2.81. The maximum Gasteiger partial charge on any atom is 0.259 e. The van der Waals surface area contributed by atoms with Crippen LogP contribution in [0.5, 0.6) is 0 Å². The van der Waals surface area contributed by atoms with Crippen LogP contribution in [0.2, 0.25) is 0 Å². The highest BCUT2D eigenvalue weighted by Crippen LogP contribution is 2.27. The number of aryl methyl sites for hydroxylation is 1. The molecular formula is C14H16BrN3OS. The molecule has 20 heavy (non-hydrogen) atoms. The van der Waals surface area contributed by atoms with Crippen molar-refractivity contribution in [2.24, 2.45) is 7.05 Å². The van der Waals surface area contributed by atoms with Crippen LogP contribution < -0.4 is 0 Å². The predicted molar refractivity (Wildman–Crippen MR) is 86.6 cm³/mol. The van der Waals surface area contributed by atoms with Crippen LogP contribution in [0.25, 0.3) is 0 Å². The van der Waals surface area contributed by atoms with Crippen molar-refractivity contribution in [1.29, 1.82) is 0 Å². The number of thiocarbonyl (C=S) groups is 1. The van der Waals surface area contributed by atoms with E-state index in [0.29, 0.717) is 5.17 Å². The minimum Gasteiger partial charge on any atom is -0.454 e. The Labute approximate surface area is 132 Å². The Morgan fingerprint density at radius 2 is 2.20 bits per heavy atom. The number of nitrogens with zero attached hydrogens (tertiary/aromatic N) is 3. The second kappa shape index (κ2) is 6.37. The summed E-state index contributed by atoms with van der Waals surface area (Å²) < 4.78 is 8.86. The number of hydrogen-bond donors (Lipinski definition) is 0. The van der Waals surface area contributed by atoms with E-state index >= 15 is 0 Å². The number of ether oxygens (including phenoxy) is 1. The average molecular weight is 354 g/mol. The lowest BCUT2D eigenvalue weighted by molar-refractivity contribution is 0.195. The van der Waals surface area contributed by atoms with E-state index in [0.717, 1.165) is 15.9 Å². The predicted octanol–water partition coefficient (Wildman–Crippen LogP) is 3.14. The molecule has 1 atom stereocenters. The molecule has 2 aromatic rings. The molecule has 0 N–H and O–H groups in total. The third-order valence-electron chi connectivity index (χ3n) is 2.83. The van der Waals surface area contributed by atoms with E-state index in [4.69, 9.17) is 17.0 Å². The molecule has 0 aliphatic heterocycles. The van der Waals surface area contributed by atoms with Gasteiger partial charge in [-0.3, -0.25) is 0 Å². The molecule has 1 heterocycles. The zero-order chi connectivity index (χ0) is 14.7. The summed E-state index contributed by atoms with van der Waals surface area (Å²) in [5.41, 5.74) is 0.998. The fourth-order valence-corrected chi connectivity index (χ4v) is 2.29. The Bertz CT molecular complexity index is 612. The molecule has 0 saturated heterocycles. The van der Waals surface area contributed by atoms with Crippen molar-refractivity contribution in [2.45, 2.75) is 6.10 Å². The van der Waals surface area contributed by atoms with Crippen LogP contribution in [0, 0.1) is 0 Å². The molecule has 4 nitrogen and oxygen atoms in total. The minimum atomic E-state index is -0.331. The Hall–Kier alpha value is -1.40. The van der Waals surface area contributed by atoms with Gasteiger partial charge in [0.05, 0.1) is 0 Å². The van der Waals surface area contributed by atoms with Crippen LogP contribution >= 0.6 is 28.1 Å². The first kappa shape index (κ1) is 15.0. The standard InChI is InChI=1S/C14H16BrN3OS/c1-17(2)14(20)19-12(13-16-7-8-18(13)3)10-5-4-6-11(15)9-10/h4-9,12H,1-3H3. The molecular weight excluding hydrogens is 338 g/mol. The van der Waals surface area contributed by atoms with Crippen LogP contribution in [0.4, 0.5) is 0 Å². The summed E-state index contributed by atoms with van der Waals surface area (Å²) >= 11 is 8.74. The van der Waals surface area contributed by atoms with Crippen molar-refractivity contribution in [3.05, 3.63) is 52.5 Å². The lowest BCUT2D eigenvalue weighted by Crippen LogP contribution is -2.26. The maximum absolute atomic E-state index is 5.93. The minimum absolute atomic E-state index is 0.331. The van der Waals surface area contributed by atoms with Gasteiger partial charge in [-0.2, -0.15) is 0 Å². The molecule has 1 aromatic heterocycles. The third-order valence-corrected chi connectivity index (χ3v) is 3.78. The topological polar surface area (TPSA) is 30.3 Å². The van der Waals surface area contributed by atoms with E-state index in [1.54, 1.807) is 11.1 Å². The van der Waals surface area contributed by atoms with Crippen LogP contribution in [0.3, 0.4) is 0 Å². The highest BCUT2D eigenvalue weighted by molar-refractivity contribution is 9.10. The van der Waals surface area contributed by atoms with Gasteiger partial charge in [-0.05, 0) is 24.4 Å². The monoisotopic (exact) mass is 353 g/mol. The molecule has 0 amide bonds. The van der Waals surface area contributed by atoms with Crippen LogP contribution in [-0.4, -0.2) is 33.7 Å². The van der Waals surface area contributed by atoms with Crippen LogP contribution in [0.1, 0.15) is 17.5 Å². The Morgan fingerprint density at radius 3 is 2.75 bits per heavy atom. The third kappa shape index (κ3) is 3.37. The van der Waals surface area contributed by atoms with Gasteiger partial charge < -0.3 is 14.2 Å². The summed E-state index contributed by atoms with van der Waals surface area (Å²) in [5.74, 6) is 0.812. The highest BCUT2D eigenvalue weighted by atomic mass is 79.9. The summed E-state index contributed by atoms with van der Waals surface area (Å²) in [7, 11) is 5.66. The number of aromatic nitrogens is 2. The first-order valence-corrected chi connectivity index (χ1v) is 7.30. The van der Waals surface area contributed by atoms with Gasteiger partial charge in [0.2, 0.25) is 0 Å². The number of rotatable bonds is 3. The van der Waals surface area contributed by atoms with Gasteiger partial charge in [-0.1, -0.05) is 28.1 Å². The fourth-order valence-electron chi connectivity index (χ4n) is 1.78. The molecule has 106 valence electrons. The lowest BCUT2D eigenvalue weighted by Gasteiger charge is -2.23. The number of halogens is 1. The Kier molecular flexibility index (Phi) is 4.77. The second-order valence-corrected chi connectivity index (χ2v) is 5.87. The van der Waals surface area contributed by atoms with E-state index in [-0.39, 0.29) is 6.10 Å². The van der Waals surface area contributed by atoms with Crippen LogP contribution in [0.15, 0.2) is 41.1 Å². The van der Waals surface area contributed by atoms with Gasteiger partial charge in [0, 0.05) is 43.6 Å². The van der Waals surface area contributed by atoms with Crippen molar-refractivity contribution in [3.8, 4) is 0 Å². The van der Waals surface area contributed by atoms with Crippen molar-refractivity contribution in [2.75, 3.05) is 14.1 Å². The van der Waals surface area contributed by atoms with E-state index < -0.39 is 0 Å². The largest absolute Gasteiger partial charge is 0.454 e. The first-order chi connectivity index (χ1) is 9.49. The fraction of sp³-hybridized carbons (Fsp3) is 0.286. The van der Waals surface area contributed by atoms with Gasteiger partial charge in [-0.15, -0.1) is 0 Å². The lowest BCUT2D eigenvalue weighted by atomic mass is 10.1. The zero-order valence-corrected chi connectivity index (χ0v) is 14.0. The summed E-state index contributed by atoms with van der Waals surface area (Å²) in [5, 5.41) is 0.429. The second-order valence-electron chi connectivity index (χ2n) is 4.61. The van der Waals surface area contributed by atoms with Crippen molar-refractivity contribution >= 4 is 33.3 Å². The summed E-state index contributed by atoms with van der Waals surface area (Å²) in [4.78, 5) is 6.15. The van der Waals surface area contributed by atoms with E-state index in [9.17, 15) is 0 Å². The van der Waals surface area contributed by atoms with Gasteiger partial charge in [0.25, 0.3) is 5.17 Å². The van der Waals surface area contributed by atoms with Gasteiger partial charge in [0.1, 0.15) is 0 Å². The molecule has 1 aromatic carbocycles. The number of hydrogen-bond acceptors (Lipinski definition) is 3. The van der Waals surface area contributed by atoms with E-state index in [1.807, 2.05) is 56.2 Å². The summed E-state index contributed by atoms with van der Waals surface area (Å²) in [6.45, 7) is 0. The normalized spacial score (nSPS) is 12.0. The van der Waals surface area contributed by atoms with Gasteiger partial charge in [-0.25, -0.2) is 4.98 Å². The van der Waals surface area contributed by atoms with Crippen molar-refractivity contribution in [3.63, 3.8) is 0 Å². The molecule has 0 fully saturated rings. The first-order valence-electron chi connectivity index (χ1n) is 6.09. The molecule has 6 heteroatoms. The Balaban J connectivity index is 2.39. The summed E-state index contributed by atoms with van der Waals surface area (Å²) in [6.07, 6.45) is 3.31. The van der Waals surface area contributed by atoms with Gasteiger partial charge in [0.15, 0.2) is 11.9 Å². The molecule has 0 bridgehead atoms. The Morgan fingerprint density at radius 1 is 1.45 bits per heavy atom. The van der Waals surface area contributed by atoms with E-state index in [1.165, 1.54) is 0 Å². The molecule has 0 aliphatic rings. The molecule has 0 saturated carbocycles. The van der Waals surface area contributed by atoms with Crippen LogP contribution in [-0.2, 0) is 11.8 Å². The molecule has 0 spiro atoms. The smallest absolute Gasteiger partial charge is 0.259 e. The zero-order valence-electron chi connectivity index (χ0n) is 11.6. The SMILES string of the molecule is CN(C)C(=S)OC(c1cccc(Br)c1)c1nccn1C. The van der Waals surface area contributed by atoms with E-state index in [2.05, 4.69) is 20.9 Å². The van der Waals surface area contributed by atoms with Crippen molar-refractivity contribution < 1.29 is 4.74 Å². The molecule has 2 rings (SSSR count). The molecule has 1 unspecified atom stereocenters. The molecule has 0 aliphatic carbocycles. The number of imidazole rings is 1. The molecule has 0 radical (unpaired) electrons. The van der Waals surface area contributed by atoms with Crippen molar-refractivity contribution in [1.82, 2.24) is 14.5 Å². The highest BCUT2D eigenvalue weighted by Gasteiger charge is 2.22. The van der Waals surface area contributed by atoms with Gasteiger partial charge >= 0.3 is 0 Å². The maximum atomic E-state index is 5.93. The number of benzene rings is 1. The summed E-state index contributed by atoms with van der Waals surface area (Å²) in [6, 6.07) is 7.96. The quantitative estimate of drug-likeness (QED) is 0.793.